The van der Waals surface area contributed by atoms with Crippen molar-refractivity contribution in [2.24, 2.45) is 5.92 Å². The molecule has 0 N–H and O–H groups in total. The molecule has 0 bridgehead atoms. The molecule has 0 heterocycles. The van der Waals surface area contributed by atoms with Crippen LogP contribution in [-0.2, 0) is 4.74 Å². The van der Waals surface area contributed by atoms with Gasteiger partial charge in [0.05, 0.1) is 6.61 Å². The molecule has 0 atom stereocenters. The maximum absolute atomic E-state index is 5.62. The molecule has 74 valence electrons. The molecule has 0 aliphatic heterocycles. The van der Waals surface area contributed by atoms with Gasteiger partial charge in [-0.3, -0.25) is 0 Å². The van der Waals surface area contributed by atoms with Crippen LogP contribution < -0.4 is 0 Å². The van der Waals surface area contributed by atoms with Gasteiger partial charge < -0.3 is 4.74 Å². The van der Waals surface area contributed by atoms with Gasteiger partial charge in [-0.15, -0.1) is 0 Å². The third kappa shape index (κ3) is 3.77. The molecule has 0 saturated heterocycles. The summed E-state index contributed by atoms with van der Waals surface area (Å²) in [6.45, 7) is 5.82. The zero-order chi connectivity index (χ0) is 9.52. The normalized spacial score (nSPS) is 19.4. The van der Waals surface area contributed by atoms with Gasteiger partial charge >= 0.3 is 0 Å². The molecule has 1 aliphatic rings. The third-order valence-corrected chi connectivity index (χ3v) is 2.60. The van der Waals surface area contributed by atoms with Crippen molar-refractivity contribution >= 4 is 0 Å². The Morgan fingerprint density at radius 1 is 1.38 bits per heavy atom. The molecule has 0 aromatic heterocycles. The molecule has 0 aromatic rings. The van der Waals surface area contributed by atoms with Crippen LogP contribution >= 0.6 is 0 Å². The van der Waals surface area contributed by atoms with E-state index in [1.165, 1.54) is 24.8 Å². The lowest BCUT2D eigenvalue weighted by molar-refractivity contribution is 0.0857. The monoisotopic (exact) mass is 180 g/mol. The molecule has 1 aliphatic carbocycles. The van der Waals surface area contributed by atoms with Gasteiger partial charge in [0, 0.05) is 6.61 Å². The van der Waals surface area contributed by atoms with Crippen LogP contribution in [0.3, 0.4) is 0 Å². The number of ether oxygens (including phenoxy) is 1. The van der Waals surface area contributed by atoms with Crippen LogP contribution in [0.5, 0.6) is 0 Å². The van der Waals surface area contributed by atoms with E-state index >= 15 is 0 Å². The number of rotatable bonds is 5. The highest BCUT2D eigenvalue weighted by atomic mass is 16.5. The van der Waals surface area contributed by atoms with E-state index in [0.717, 1.165) is 19.1 Å². The second-order valence-electron chi connectivity index (χ2n) is 3.68. The zero-order valence-corrected chi connectivity index (χ0v) is 8.75. The quantitative estimate of drug-likeness (QED) is 0.590. The molecule has 1 rings (SSSR count). The Morgan fingerprint density at radius 3 is 2.62 bits per heavy atom. The molecule has 0 aromatic carbocycles. The second kappa shape index (κ2) is 5.98. The Morgan fingerprint density at radius 2 is 2.15 bits per heavy atom. The summed E-state index contributed by atoms with van der Waals surface area (Å²) in [6.07, 6.45) is 10.4. The van der Waals surface area contributed by atoms with Crippen molar-refractivity contribution in [2.75, 3.05) is 13.2 Å². The minimum atomic E-state index is 0.775. The topological polar surface area (TPSA) is 9.23 Å². The Hall–Kier alpha value is -0.560. The van der Waals surface area contributed by atoms with Crippen LogP contribution in [0.1, 0.15) is 33.1 Å². The molecule has 0 radical (unpaired) electrons. The van der Waals surface area contributed by atoms with E-state index in [4.69, 9.17) is 4.74 Å². The minimum Gasteiger partial charge on any atom is -0.376 e. The predicted molar refractivity (Wildman–Crippen MR) is 56.7 cm³/mol. The Balaban J connectivity index is 2.09. The van der Waals surface area contributed by atoms with Crippen molar-refractivity contribution in [1.29, 1.82) is 0 Å². The van der Waals surface area contributed by atoms with Crippen LogP contribution in [0.15, 0.2) is 23.8 Å². The highest BCUT2D eigenvalue weighted by Crippen LogP contribution is 2.26. The molecule has 0 amide bonds. The van der Waals surface area contributed by atoms with Crippen molar-refractivity contribution in [2.45, 2.75) is 33.1 Å². The average molecular weight is 180 g/mol. The first-order valence-corrected chi connectivity index (χ1v) is 5.22. The van der Waals surface area contributed by atoms with E-state index in [1.807, 2.05) is 6.92 Å². The van der Waals surface area contributed by atoms with Crippen LogP contribution in [0.4, 0.5) is 0 Å². The number of allylic oxidation sites excluding steroid dienone is 2. The number of hydrogen-bond donors (Lipinski definition) is 0. The van der Waals surface area contributed by atoms with Gasteiger partial charge in [0.15, 0.2) is 0 Å². The van der Waals surface area contributed by atoms with Gasteiger partial charge in [0.2, 0.25) is 0 Å². The molecule has 1 saturated carbocycles. The maximum atomic E-state index is 5.62. The summed E-state index contributed by atoms with van der Waals surface area (Å²) < 4.78 is 5.62. The van der Waals surface area contributed by atoms with Gasteiger partial charge in [-0.25, -0.2) is 0 Å². The van der Waals surface area contributed by atoms with Crippen molar-refractivity contribution in [3.63, 3.8) is 0 Å². The van der Waals surface area contributed by atoms with E-state index in [0.29, 0.717) is 0 Å². The molecule has 0 unspecified atom stereocenters. The second-order valence-corrected chi connectivity index (χ2v) is 3.68. The van der Waals surface area contributed by atoms with Crippen LogP contribution in [-0.4, -0.2) is 13.2 Å². The SMILES string of the molecule is C/C=C\C(=C/C)COCC1CCC1. The van der Waals surface area contributed by atoms with Gasteiger partial charge in [-0.1, -0.05) is 24.6 Å². The van der Waals surface area contributed by atoms with Crippen molar-refractivity contribution in [3.8, 4) is 0 Å². The molecule has 13 heavy (non-hydrogen) atoms. The summed E-state index contributed by atoms with van der Waals surface area (Å²) in [6, 6.07) is 0. The highest BCUT2D eigenvalue weighted by Gasteiger charge is 2.16. The summed E-state index contributed by atoms with van der Waals surface area (Å²) in [5, 5.41) is 0. The van der Waals surface area contributed by atoms with Crippen LogP contribution in [0.25, 0.3) is 0 Å². The summed E-state index contributed by atoms with van der Waals surface area (Å²) in [5.74, 6) is 0.851. The van der Waals surface area contributed by atoms with Gasteiger partial charge in [0.1, 0.15) is 0 Å². The zero-order valence-electron chi connectivity index (χ0n) is 8.75. The van der Waals surface area contributed by atoms with E-state index in [2.05, 4.69) is 25.2 Å². The van der Waals surface area contributed by atoms with Crippen molar-refractivity contribution in [3.05, 3.63) is 23.8 Å². The molecular weight excluding hydrogens is 160 g/mol. The lowest BCUT2D eigenvalue weighted by Crippen LogP contribution is -2.18. The van der Waals surface area contributed by atoms with Gasteiger partial charge in [-0.05, 0) is 38.2 Å². The van der Waals surface area contributed by atoms with Gasteiger partial charge in [-0.2, -0.15) is 0 Å². The highest BCUT2D eigenvalue weighted by molar-refractivity contribution is 5.17. The van der Waals surface area contributed by atoms with E-state index in [9.17, 15) is 0 Å². The van der Waals surface area contributed by atoms with Gasteiger partial charge in [0.25, 0.3) is 0 Å². The summed E-state index contributed by atoms with van der Waals surface area (Å²) in [4.78, 5) is 0. The number of hydrogen-bond acceptors (Lipinski definition) is 1. The molecule has 1 nitrogen and oxygen atoms in total. The summed E-state index contributed by atoms with van der Waals surface area (Å²) in [7, 11) is 0. The first-order chi connectivity index (χ1) is 6.36. The average Bonchev–Trinajstić information content (AvgIpc) is 2.07. The van der Waals surface area contributed by atoms with Crippen molar-refractivity contribution < 1.29 is 4.74 Å². The first kappa shape index (κ1) is 10.5. The Kier molecular flexibility index (Phi) is 4.84. The fraction of sp³-hybridized carbons (Fsp3) is 0.667. The maximum Gasteiger partial charge on any atom is 0.0713 e. The Bertz CT molecular complexity index is 187. The first-order valence-electron chi connectivity index (χ1n) is 5.22. The molecular formula is C12H20O. The molecule has 0 spiro atoms. The van der Waals surface area contributed by atoms with Crippen molar-refractivity contribution in [1.82, 2.24) is 0 Å². The third-order valence-electron chi connectivity index (χ3n) is 2.60. The van der Waals surface area contributed by atoms with E-state index in [1.54, 1.807) is 0 Å². The lowest BCUT2D eigenvalue weighted by atomic mass is 9.86. The lowest BCUT2D eigenvalue weighted by Gasteiger charge is -2.24. The Labute approximate surface area is 81.5 Å². The molecule has 1 fully saturated rings. The summed E-state index contributed by atoms with van der Waals surface area (Å²) >= 11 is 0. The van der Waals surface area contributed by atoms with Crippen LogP contribution in [0.2, 0.25) is 0 Å². The van der Waals surface area contributed by atoms with E-state index < -0.39 is 0 Å². The van der Waals surface area contributed by atoms with Crippen LogP contribution in [0, 0.1) is 5.92 Å². The minimum absolute atomic E-state index is 0.775. The van der Waals surface area contributed by atoms with E-state index in [-0.39, 0.29) is 0 Å². The smallest absolute Gasteiger partial charge is 0.0713 e. The molecule has 1 heteroatoms. The largest absolute Gasteiger partial charge is 0.376 e. The summed E-state index contributed by atoms with van der Waals surface area (Å²) in [5.41, 5.74) is 1.28. The predicted octanol–water partition coefficient (Wildman–Crippen LogP) is 3.33. The standard InChI is InChI=1S/C12H20O/c1-3-6-11(4-2)9-13-10-12-7-5-8-12/h3-4,6,12H,5,7-10H2,1-2H3/b6-3-,11-4+. The fourth-order valence-electron chi connectivity index (χ4n) is 1.44. The fourth-order valence-corrected chi connectivity index (χ4v) is 1.44.